The number of benzene rings is 1. The highest BCUT2D eigenvalue weighted by atomic mass is 16.5. The zero-order valence-electron chi connectivity index (χ0n) is 12.6. The summed E-state index contributed by atoms with van der Waals surface area (Å²) in [5.74, 6) is 0.420. The molecule has 4 atom stereocenters. The number of carbonyl (C=O) groups is 2. The van der Waals surface area contributed by atoms with Gasteiger partial charge in [-0.2, -0.15) is 0 Å². The smallest absolute Gasteiger partial charge is 0.328 e. The molecule has 2 fully saturated rings. The monoisotopic (exact) mass is 299 g/mol. The molecule has 2 aliphatic carbocycles. The van der Waals surface area contributed by atoms with Crippen molar-refractivity contribution in [2.45, 2.75) is 38.1 Å². The molecule has 4 rings (SSSR count). The van der Waals surface area contributed by atoms with Gasteiger partial charge in [0.15, 0.2) is 0 Å². The maximum Gasteiger partial charge on any atom is 0.328 e. The van der Waals surface area contributed by atoms with E-state index in [4.69, 9.17) is 4.74 Å². The summed E-state index contributed by atoms with van der Waals surface area (Å²) in [6.07, 6.45) is 4.98. The first-order valence-corrected chi connectivity index (χ1v) is 8.26. The number of aryl methyl sites for hydroxylation is 1. The van der Waals surface area contributed by atoms with Crippen LogP contribution in [0.1, 0.15) is 30.4 Å². The van der Waals surface area contributed by atoms with Crippen molar-refractivity contribution < 1.29 is 14.3 Å². The van der Waals surface area contributed by atoms with Crippen molar-refractivity contribution in [1.82, 2.24) is 5.32 Å². The summed E-state index contributed by atoms with van der Waals surface area (Å²) < 4.78 is 5.53. The first-order chi connectivity index (χ1) is 10.7. The van der Waals surface area contributed by atoms with E-state index >= 15 is 0 Å². The van der Waals surface area contributed by atoms with Gasteiger partial charge in [-0.05, 0) is 49.1 Å². The highest BCUT2D eigenvalue weighted by Gasteiger charge is 2.51. The fraction of sp³-hybridized carbons (Fsp3) is 0.556. The van der Waals surface area contributed by atoms with Crippen molar-refractivity contribution in [3.8, 4) is 0 Å². The molecule has 4 heteroatoms. The summed E-state index contributed by atoms with van der Waals surface area (Å²) in [4.78, 5) is 23.9. The van der Waals surface area contributed by atoms with Crippen LogP contribution in [0, 0.1) is 17.8 Å². The van der Waals surface area contributed by atoms with Gasteiger partial charge in [0.05, 0.1) is 6.61 Å². The minimum Gasteiger partial charge on any atom is -0.464 e. The van der Waals surface area contributed by atoms with Gasteiger partial charge in [-0.1, -0.05) is 24.3 Å². The van der Waals surface area contributed by atoms with Crippen LogP contribution in [0.5, 0.6) is 0 Å². The fourth-order valence-corrected chi connectivity index (χ4v) is 4.06. The summed E-state index contributed by atoms with van der Waals surface area (Å²) in [5, 5.41) is 2.81. The van der Waals surface area contributed by atoms with Gasteiger partial charge in [0.25, 0.3) is 0 Å². The second kappa shape index (κ2) is 5.41. The molecule has 1 N–H and O–H groups in total. The fourth-order valence-electron chi connectivity index (χ4n) is 4.06. The number of hydrogen-bond acceptors (Lipinski definition) is 3. The summed E-state index contributed by atoms with van der Waals surface area (Å²) in [6.45, 7) is 0.469. The van der Waals surface area contributed by atoms with Crippen LogP contribution in [-0.4, -0.2) is 24.5 Å². The molecular weight excluding hydrogens is 278 g/mol. The van der Waals surface area contributed by atoms with E-state index in [-0.39, 0.29) is 23.7 Å². The van der Waals surface area contributed by atoms with E-state index in [9.17, 15) is 9.59 Å². The normalized spacial score (nSPS) is 32.5. The summed E-state index contributed by atoms with van der Waals surface area (Å²) in [5.41, 5.74) is 2.80. The van der Waals surface area contributed by atoms with Crippen molar-refractivity contribution in [3.63, 3.8) is 0 Å². The second-order valence-electron chi connectivity index (χ2n) is 6.84. The van der Waals surface area contributed by atoms with E-state index in [1.54, 1.807) is 0 Å². The molecule has 1 aromatic rings. The molecule has 1 aliphatic heterocycles. The minimum atomic E-state index is -0.401. The first kappa shape index (κ1) is 13.8. The Kier molecular flexibility index (Phi) is 3.40. The van der Waals surface area contributed by atoms with E-state index in [0.717, 1.165) is 32.1 Å². The summed E-state index contributed by atoms with van der Waals surface area (Å²) in [6, 6.07) is 8.10. The Morgan fingerprint density at radius 2 is 2.00 bits per heavy atom. The molecule has 1 heterocycles. The third-order valence-corrected chi connectivity index (χ3v) is 5.55. The van der Waals surface area contributed by atoms with Crippen molar-refractivity contribution in [2.75, 3.05) is 6.61 Å². The number of hydrogen-bond donors (Lipinski definition) is 1. The van der Waals surface area contributed by atoms with Crippen molar-refractivity contribution in [1.29, 1.82) is 0 Å². The largest absolute Gasteiger partial charge is 0.464 e. The van der Waals surface area contributed by atoms with Crippen molar-refractivity contribution in [2.24, 2.45) is 17.8 Å². The number of nitrogens with one attached hydrogen (secondary N) is 1. The molecule has 1 amide bonds. The molecule has 116 valence electrons. The van der Waals surface area contributed by atoms with Gasteiger partial charge >= 0.3 is 5.97 Å². The molecule has 1 saturated heterocycles. The van der Waals surface area contributed by atoms with Gasteiger partial charge in [0, 0.05) is 11.8 Å². The number of ether oxygens (including phenoxy) is 1. The average Bonchev–Trinajstić information content (AvgIpc) is 2.72. The molecule has 4 nitrogen and oxygen atoms in total. The van der Waals surface area contributed by atoms with Crippen molar-refractivity contribution >= 4 is 11.9 Å². The molecular formula is C18H21NO3. The maximum atomic E-state index is 12.2. The lowest BCUT2D eigenvalue weighted by Crippen LogP contribution is -2.40. The van der Waals surface area contributed by atoms with Gasteiger partial charge < -0.3 is 10.1 Å². The Bertz CT molecular complexity index is 612. The van der Waals surface area contributed by atoms with E-state index in [2.05, 4.69) is 29.6 Å². The van der Waals surface area contributed by atoms with E-state index in [1.807, 2.05) is 0 Å². The molecule has 0 aromatic heterocycles. The number of fused-ring (bicyclic) bond motifs is 2. The predicted octanol–water partition coefficient (Wildman–Crippen LogP) is 1.86. The number of amides is 1. The highest BCUT2D eigenvalue weighted by molar-refractivity contribution is 5.91. The van der Waals surface area contributed by atoms with E-state index < -0.39 is 6.04 Å². The zero-order chi connectivity index (χ0) is 15.1. The molecule has 22 heavy (non-hydrogen) atoms. The van der Waals surface area contributed by atoms with Gasteiger partial charge in [0.1, 0.15) is 6.04 Å². The first-order valence-electron chi connectivity index (χ1n) is 8.26. The number of esters is 1. The third kappa shape index (κ3) is 2.31. The number of carbonyl (C=O) groups excluding carboxylic acids is 2. The molecule has 0 bridgehead atoms. The average molecular weight is 299 g/mol. The Balaban J connectivity index is 1.32. The lowest BCUT2D eigenvalue weighted by atomic mass is 9.73. The second-order valence-corrected chi connectivity index (χ2v) is 6.84. The molecule has 1 saturated carbocycles. The lowest BCUT2D eigenvalue weighted by molar-refractivity contribution is -0.149. The standard InChI is InChI=1S/C18H21NO3/c20-17-15-8-7-14(15)16(19-17)18(21)22-10-11-5-6-12-3-1-2-4-13(12)9-11/h1-4,11,14-16H,5-10H2,(H,19,20)/t11?,14-,15+,16-/m1/s1. The van der Waals surface area contributed by atoms with Crippen molar-refractivity contribution in [3.05, 3.63) is 35.4 Å². The van der Waals surface area contributed by atoms with Crippen LogP contribution in [0.4, 0.5) is 0 Å². The third-order valence-electron chi connectivity index (χ3n) is 5.55. The highest BCUT2D eigenvalue weighted by Crippen LogP contribution is 2.41. The van der Waals surface area contributed by atoms with Crippen LogP contribution in [0.15, 0.2) is 24.3 Å². The van der Waals surface area contributed by atoms with Gasteiger partial charge in [-0.25, -0.2) is 4.79 Å². The molecule has 0 spiro atoms. The Hall–Kier alpha value is -1.84. The minimum absolute atomic E-state index is 0.0322. The van der Waals surface area contributed by atoms with Gasteiger partial charge in [-0.15, -0.1) is 0 Å². The molecule has 1 aromatic carbocycles. The Labute approximate surface area is 130 Å². The van der Waals surface area contributed by atoms with Crippen LogP contribution < -0.4 is 5.32 Å². The Morgan fingerprint density at radius 1 is 1.18 bits per heavy atom. The van der Waals surface area contributed by atoms with Crippen LogP contribution in [-0.2, 0) is 27.2 Å². The SMILES string of the molecule is O=C1N[C@@H](C(=O)OCC2CCc3ccccc3C2)[C@@H]2CC[C@H]12. The topological polar surface area (TPSA) is 55.4 Å². The predicted molar refractivity (Wildman–Crippen MR) is 81.1 cm³/mol. The molecule has 0 radical (unpaired) electrons. The maximum absolute atomic E-state index is 12.2. The zero-order valence-corrected chi connectivity index (χ0v) is 12.6. The lowest BCUT2D eigenvalue weighted by Gasteiger charge is -2.30. The summed E-state index contributed by atoms with van der Waals surface area (Å²) >= 11 is 0. The van der Waals surface area contributed by atoms with Crippen LogP contribution in [0.3, 0.4) is 0 Å². The molecule has 3 aliphatic rings. The van der Waals surface area contributed by atoms with Crippen LogP contribution >= 0.6 is 0 Å². The molecule has 1 unspecified atom stereocenters. The quantitative estimate of drug-likeness (QED) is 0.867. The van der Waals surface area contributed by atoms with E-state index in [0.29, 0.717) is 12.5 Å². The van der Waals surface area contributed by atoms with Crippen LogP contribution in [0.2, 0.25) is 0 Å². The van der Waals surface area contributed by atoms with Crippen LogP contribution in [0.25, 0.3) is 0 Å². The van der Waals surface area contributed by atoms with Gasteiger partial charge in [-0.3, -0.25) is 4.79 Å². The number of rotatable bonds is 3. The van der Waals surface area contributed by atoms with Gasteiger partial charge in [0.2, 0.25) is 5.91 Å². The van der Waals surface area contributed by atoms with E-state index in [1.165, 1.54) is 11.1 Å². The summed E-state index contributed by atoms with van der Waals surface area (Å²) in [7, 11) is 0. The Morgan fingerprint density at radius 3 is 2.73 bits per heavy atom.